The summed E-state index contributed by atoms with van der Waals surface area (Å²) in [7, 11) is 0. The third-order valence-electron chi connectivity index (χ3n) is 5.52. The van der Waals surface area contributed by atoms with Crippen molar-refractivity contribution in [1.29, 1.82) is 0 Å². The second-order valence-corrected chi connectivity index (χ2v) is 8.34. The third-order valence-corrected chi connectivity index (χ3v) is 5.52. The van der Waals surface area contributed by atoms with Gasteiger partial charge in [0, 0.05) is 5.41 Å². The molecule has 0 heterocycles. The molecule has 30 heavy (non-hydrogen) atoms. The van der Waals surface area contributed by atoms with E-state index < -0.39 is 0 Å². The van der Waals surface area contributed by atoms with Gasteiger partial charge < -0.3 is 37.2 Å². The van der Waals surface area contributed by atoms with Crippen LogP contribution in [0.5, 0.6) is 0 Å². The zero-order valence-corrected chi connectivity index (χ0v) is 22.1. The van der Waals surface area contributed by atoms with Gasteiger partial charge in [-0.05, 0) is 23.0 Å². The maximum atomic E-state index is 2.36. The van der Waals surface area contributed by atoms with Gasteiger partial charge in [-0.2, -0.15) is 11.6 Å². The van der Waals surface area contributed by atoms with E-state index in [4.69, 9.17) is 0 Å². The topological polar surface area (TPSA) is 0 Å². The Labute approximate surface area is 216 Å². The van der Waals surface area contributed by atoms with Crippen molar-refractivity contribution < 1.29 is 58.9 Å². The summed E-state index contributed by atoms with van der Waals surface area (Å²) in [6.45, 7) is 9.27. The molecule has 0 saturated carbocycles. The fraction of sp³-hybridized carbons (Fsp3) is 0.346. The molecule has 0 amide bonds. The van der Waals surface area contributed by atoms with Gasteiger partial charge >= 0.3 is 21.7 Å². The second kappa shape index (κ2) is 13.7. The van der Waals surface area contributed by atoms with Crippen molar-refractivity contribution in [3.05, 3.63) is 101 Å². The molecule has 0 aliphatic carbocycles. The first-order valence-electron chi connectivity index (χ1n) is 9.88. The average molecular weight is 498 g/mol. The Kier molecular flexibility index (Phi) is 14.4. The molecule has 0 unspecified atom stereocenters. The van der Waals surface area contributed by atoms with Crippen LogP contribution < -0.4 is 37.2 Å². The van der Waals surface area contributed by atoms with Crippen LogP contribution in [-0.4, -0.2) is 0 Å². The molecule has 0 N–H and O–H groups in total. The molecular weight excluding hydrogens is 467 g/mol. The van der Waals surface area contributed by atoms with Crippen molar-refractivity contribution in [1.82, 2.24) is 0 Å². The third kappa shape index (κ3) is 6.44. The molecule has 0 aliphatic heterocycles. The van der Waals surface area contributed by atoms with Crippen molar-refractivity contribution in [2.75, 3.05) is 0 Å². The average Bonchev–Trinajstić information content (AvgIpc) is 3.15. The van der Waals surface area contributed by atoms with Gasteiger partial charge in [0.25, 0.3) is 0 Å². The molecule has 0 fully saturated rings. The minimum atomic E-state index is -0.0926. The number of benzene rings is 2. The maximum absolute atomic E-state index is 2.36. The van der Waals surface area contributed by atoms with Crippen LogP contribution in [0.25, 0.3) is 0 Å². The van der Waals surface area contributed by atoms with Crippen molar-refractivity contribution in [3.63, 3.8) is 0 Å². The number of halogens is 3. The first-order valence-corrected chi connectivity index (χ1v) is 9.88. The van der Waals surface area contributed by atoms with Gasteiger partial charge in [0.15, 0.2) is 0 Å². The van der Waals surface area contributed by atoms with Crippen LogP contribution in [0.3, 0.4) is 0 Å². The zero-order chi connectivity index (χ0) is 18.6. The molecule has 0 bridgehead atoms. The van der Waals surface area contributed by atoms with Crippen LogP contribution in [0, 0.1) is 0 Å². The molecule has 160 valence electrons. The first kappa shape index (κ1) is 31.6. The molecule has 3 rings (SSSR count). The Balaban J connectivity index is 0. The van der Waals surface area contributed by atoms with Crippen LogP contribution in [0.2, 0.25) is 0 Å². The van der Waals surface area contributed by atoms with E-state index in [1.807, 2.05) is 0 Å². The quantitative estimate of drug-likeness (QED) is 0.280. The summed E-state index contributed by atoms with van der Waals surface area (Å²) < 4.78 is 0. The van der Waals surface area contributed by atoms with Gasteiger partial charge in [0.2, 0.25) is 0 Å². The van der Waals surface area contributed by atoms with Gasteiger partial charge in [-0.3, -0.25) is 0 Å². The smallest absolute Gasteiger partial charge is 1.00 e. The van der Waals surface area contributed by atoms with Crippen molar-refractivity contribution in [3.8, 4) is 0 Å². The number of hydrogen-bond donors (Lipinski definition) is 0. The largest absolute Gasteiger partial charge is 4.00 e. The summed E-state index contributed by atoms with van der Waals surface area (Å²) >= 11 is 0. The summed E-state index contributed by atoms with van der Waals surface area (Å²) in [6.07, 6.45) is 3.54. The predicted octanol–water partition coefficient (Wildman–Crippen LogP) is -1.76. The van der Waals surface area contributed by atoms with Gasteiger partial charge in [0.05, 0.1) is 0 Å². The monoisotopic (exact) mass is 496 g/mol. The fourth-order valence-corrected chi connectivity index (χ4v) is 4.23. The molecule has 0 aliphatic rings. The summed E-state index contributed by atoms with van der Waals surface area (Å²) in [6, 6.07) is 29.1. The SMILES string of the molecule is CCCCC(c1ccccc1)(c1ccccc1)[c-]1cccc1C(C)(C)C.[Cl-].[Cl-].[Cl-].[Ti+4]. The molecule has 4 heteroatoms. The zero-order valence-electron chi connectivity index (χ0n) is 18.3. The van der Waals surface area contributed by atoms with E-state index >= 15 is 0 Å². The normalized spacial score (nSPS) is 10.7. The second-order valence-electron chi connectivity index (χ2n) is 8.34. The molecule has 3 aromatic rings. The van der Waals surface area contributed by atoms with Crippen molar-refractivity contribution in [2.24, 2.45) is 0 Å². The van der Waals surface area contributed by atoms with E-state index in [9.17, 15) is 0 Å². The summed E-state index contributed by atoms with van der Waals surface area (Å²) in [5, 5.41) is 0. The molecule has 0 aromatic heterocycles. The molecule has 0 spiro atoms. The summed E-state index contributed by atoms with van der Waals surface area (Å²) in [5.41, 5.74) is 5.76. The summed E-state index contributed by atoms with van der Waals surface area (Å²) in [4.78, 5) is 0. The minimum absolute atomic E-state index is 0. The van der Waals surface area contributed by atoms with E-state index in [0.29, 0.717) is 0 Å². The summed E-state index contributed by atoms with van der Waals surface area (Å²) in [5.74, 6) is 0. The standard InChI is InChI=1S/C26H31.3ClH.Ti/c1-5-6-20-26(21-14-9-7-10-15-21,22-16-11-8-12-17-22)24-19-13-18-23(24)25(2,3)4;;;;/h7-19H,5-6,20H2,1-4H3;3*1H;/q-1;;;;+4/p-3. The molecular formula is C26H31Cl3Ti. The van der Waals surface area contributed by atoms with Crippen molar-refractivity contribution >= 4 is 0 Å². The Bertz CT molecular complexity index is 781. The van der Waals surface area contributed by atoms with E-state index in [1.54, 1.807) is 0 Å². The van der Waals surface area contributed by atoms with E-state index in [0.717, 1.165) is 6.42 Å². The molecule has 0 radical (unpaired) electrons. The van der Waals surface area contributed by atoms with E-state index in [2.05, 4.69) is 107 Å². The van der Waals surface area contributed by atoms with Crippen LogP contribution in [0.1, 0.15) is 69.2 Å². The maximum Gasteiger partial charge on any atom is 4.00 e. The Hall–Kier alpha value is -0.626. The van der Waals surface area contributed by atoms with Gasteiger partial charge in [0.1, 0.15) is 0 Å². The van der Waals surface area contributed by atoms with Gasteiger partial charge in [-0.25, -0.2) is 12.1 Å². The predicted molar refractivity (Wildman–Crippen MR) is 113 cm³/mol. The molecule has 0 atom stereocenters. The molecule has 0 nitrogen and oxygen atoms in total. The van der Waals surface area contributed by atoms with E-state index in [1.165, 1.54) is 35.1 Å². The van der Waals surface area contributed by atoms with Crippen molar-refractivity contribution in [2.45, 2.75) is 57.8 Å². The minimum Gasteiger partial charge on any atom is -1.00 e. The number of rotatable bonds is 6. The number of unbranched alkanes of at least 4 members (excludes halogenated alkanes) is 1. The van der Waals surface area contributed by atoms with Gasteiger partial charge in [-0.15, -0.1) is 5.56 Å². The van der Waals surface area contributed by atoms with Crippen LogP contribution in [-0.2, 0) is 32.5 Å². The Morgan fingerprint density at radius 2 is 1.17 bits per heavy atom. The Morgan fingerprint density at radius 3 is 1.57 bits per heavy atom. The van der Waals surface area contributed by atoms with Crippen LogP contribution in [0.15, 0.2) is 78.9 Å². The number of hydrogen-bond acceptors (Lipinski definition) is 0. The van der Waals surface area contributed by atoms with E-state index in [-0.39, 0.29) is 69.8 Å². The Morgan fingerprint density at radius 1 is 0.700 bits per heavy atom. The molecule has 3 aromatic carbocycles. The van der Waals surface area contributed by atoms with Gasteiger partial charge in [-0.1, -0.05) is 101 Å². The van der Waals surface area contributed by atoms with Crippen LogP contribution in [0.4, 0.5) is 0 Å². The first-order chi connectivity index (χ1) is 12.5. The fourth-order valence-electron chi connectivity index (χ4n) is 4.23. The van der Waals surface area contributed by atoms with Crippen LogP contribution >= 0.6 is 0 Å². The molecule has 0 saturated heterocycles.